The van der Waals surface area contributed by atoms with E-state index in [1.807, 2.05) is 19.2 Å². The van der Waals surface area contributed by atoms with Gasteiger partial charge in [-0.1, -0.05) is 38.8 Å². The predicted molar refractivity (Wildman–Crippen MR) is 86.4 cm³/mol. The number of aliphatic hydroxyl groups is 1. The number of aryl methyl sites for hydroxylation is 1. The molecule has 0 radical (unpaired) electrons. The molecule has 0 aromatic heterocycles. The first-order valence-electron chi connectivity index (χ1n) is 8.15. The van der Waals surface area contributed by atoms with Crippen LogP contribution in [0.15, 0.2) is 18.2 Å². The normalized spacial score (nSPS) is 16.2. The summed E-state index contributed by atoms with van der Waals surface area (Å²) in [4.78, 5) is 13.5. The minimum absolute atomic E-state index is 0.172. The maximum absolute atomic E-state index is 11.7. The summed E-state index contributed by atoms with van der Waals surface area (Å²) in [6.07, 6.45) is 5.28. The molecule has 3 heteroatoms. The number of hydrogen-bond acceptors (Lipinski definition) is 2. The van der Waals surface area contributed by atoms with Crippen molar-refractivity contribution in [3.63, 3.8) is 0 Å². The quantitative estimate of drug-likeness (QED) is 0.864. The van der Waals surface area contributed by atoms with E-state index in [0.717, 1.165) is 43.4 Å². The molecule has 1 aromatic carbocycles. The van der Waals surface area contributed by atoms with Gasteiger partial charge in [-0.25, -0.2) is 0 Å². The third kappa shape index (κ3) is 3.46. The summed E-state index contributed by atoms with van der Waals surface area (Å²) in [5.74, 6) is 0.506. The molecule has 0 bridgehead atoms. The molecule has 1 N–H and O–H groups in total. The van der Waals surface area contributed by atoms with Crippen molar-refractivity contribution in [1.29, 1.82) is 0 Å². The van der Waals surface area contributed by atoms with E-state index in [9.17, 15) is 9.90 Å². The fourth-order valence-electron chi connectivity index (χ4n) is 3.33. The van der Waals surface area contributed by atoms with E-state index in [2.05, 4.69) is 19.9 Å². The Labute approximate surface area is 128 Å². The topological polar surface area (TPSA) is 40.5 Å². The van der Waals surface area contributed by atoms with Crippen LogP contribution < -0.4 is 4.90 Å². The molecule has 0 fully saturated rings. The highest BCUT2D eigenvalue weighted by Crippen LogP contribution is 2.34. The Kier molecular flexibility index (Phi) is 5.40. The average Bonchev–Trinajstić information content (AvgIpc) is 2.50. The number of benzene rings is 1. The lowest BCUT2D eigenvalue weighted by atomic mass is 9.87. The Morgan fingerprint density at radius 1 is 1.19 bits per heavy atom. The molecule has 3 nitrogen and oxygen atoms in total. The Hall–Kier alpha value is -1.35. The van der Waals surface area contributed by atoms with Gasteiger partial charge in [0.15, 0.2) is 0 Å². The Morgan fingerprint density at radius 2 is 1.86 bits per heavy atom. The number of carbonyl (C=O) groups is 1. The molecule has 116 valence electrons. The number of anilines is 1. The first-order valence-corrected chi connectivity index (χ1v) is 8.15. The Morgan fingerprint density at radius 3 is 2.48 bits per heavy atom. The molecule has 0 aliphatic carbocycles. The van der Waals surface area contributed by atoms with E-state index in [4.69, 9.17) is 0 Å². The van der Waals surface area contributed by atoms with E-state index in [1.165, 1.54) is 5.56 Å². The highest BCUT2D eigenvalue weighted by atomic mass is 16.3. The lowest BCUT2D eigenvalue weighted by Gasteiger charge is -2.28. The largest absolute Gasteiger partial charge is 0.388 e. The van der Waals surface area contributed by atoms with Crippen LogP contribution in [0.4, 0.5) is 5.69 Å². The van der Waals surface area contributed by atoms with Crippen molar-refractivity contribution in [2.45, 2.75) is 58.5 Å². The zero-order chi connectivity index (χ0) is 15.4. The maximum Gasteiger partial charge on any atom is 0.227 e. The standard InChI is InChI=1S/C18H27NO2/c1-4-6-13(7-5-2)18(21)15-8-10-16-14(12-15)9-11-17(20)19(16)3/h8,10,12-13,18,21H,4-7,9,11H2,1-3H3. The summed E-state index contributed by atoms with van der Waals surface area (Å²) in [6, 6.07) is 6.07. The monoisotopic (exact) mass is 289 g/mol. The van der Waals surface area contributed by atoms with Gasteiger partial charge in [-0.2, -0.15) is 0 Å². The summed E-state index contributed by atoms with van der Waals surface area (Å²) < 4.78 is 0. The highest BCUT2D eigenvalue weighted by Gasteiger charge is 2.24. The number of fused-ring (bicyclic) bond motifs is 1. The molecule has 1 unspecified atom stereocenters. The fraction of sp³-hybridized carbons (Fsp3) is 0.611. The summed E-state index contributed by atoms with van der Waals surface area (Å²) in [6.45, 7) is 4.34. The van der Waals surface area contributed by atoms with Crippen LogP contribution in [0, 0.1) is 5.92 Å². The highest BCUT2D eigenvalue weighted by molar-refractivity contribution is 5.95. The number of aliphatic hydroxyl groups excluding tert-OH is 1. The molecule has 0 saturated carbocycles. The van der Waals surface area contributed by atoms with Crippen molar-refractivity contribution in [2.24, 2.45) is 5.92 Å². The summed E-state index contributed by atoms with van der Waals surface area (Å²) in [5, 5.41) is 10.7. The van der Waals surface area contributed by atoms with Crippen LogP contribution in [0.3, 0.4) is 0 Å². The minimum Gasteiger partial charge on any atom is -0.388 e. The van der Waals surface area contributed by atoms with Crippen LogP contribution in [-0.4, -0.2) is 18.1 Å². The van der Waals surface area contributed by atoms with Gasteiger partial charge < -0.3 is 10.0 Å². The second kappa shape index (κ2) is 7.08. The number of carbonyl (C=O) groups excluding carboxylic acids is 1. The molecule has 0 spiro atoms. The lowest BCUT2D eigenvalue weighted by molar-refractivity contribution is -0.118. The van der Waals surface area contributed by atoms with Crippen molar-refractivity contribution in [2.75, 3.05) is 11.9 Å². The van der Waals surface area contributed by atoms with Gasteiger partial charge in [-0.3, -0.25) is 4.79 Å². The molecule has 2 rings (SSSR count). The average molecular weight is 289 g/mol. The molecular weight excluding hydrogens is 262 g/mol. The van der Waals surface area contributed by atoms with Gasteiger partial charge in [0.2, 0.25) is 5.91 Å². The van der Waals surface area contributed by atoms with Crippen molar-refractivity contribution >= 4 is 11.6 Å². The van der Waals surface area contributed by atoms with Crippen LogP contribution in [-0.2, 0) is 11.2 Å². The van der Waals surface area contributed by atoms with E-state index in [0.29, 0.717) is 12.3 Å². The van der Waals surface area contributed by atoms with Crippen molar-refractivity contribution < 1.29 is 9.90 Å². The zero-order valence-electron chi connectivity index (χ0n) is 13.4. The Bertz CT molecular complexity index is 492. The first kappa shape index (κ1) is 16.0. The number of nitrogens with zero attached hydrogens (tertiary/aromatic N) is 1. The van der Waals surface area contributed by atoms with E-state index in [1.54, 1.807) is 4.90 Å². The molecular formula is C18H27NO2. The van der Waals surface area contributed by atoms with Crippen molar-refractivity contribution in [3.8, 4) is 0 Å². The maximum atomic E-state index is 11.7. The zero-order valence-corrected chi connectivity index (χ0v) is 13.4. The first-order chi connectivity index (χ1) is 10.1. The van der Waals surface area contributed by atoms with Gasteiger partial charge in [0.05, 0.1) is 6.10 Å². The molecule has 1 atom stereocenters. The molecule has 1 aliphatic heterocycles. The SMILES string of the molecule is CCCC(CCC)C(O)c1ccc2c(c1)CCC(=O)N2C. The predicted octanol–water partition coefficient (Wildman–Crippen LogP) is 3.85. The van der Waals surface area contributed by atoms with Crippen LogP contribution in [0.2, 0.25) is 0 Å². The number of amides is 1. The van der Waals surface area contributed by atoms with Gasteiger partial charge >= 0.3 is 0 Å². The van der Waals surface area contributed by atoms with Crippen molar-refractivity contribution in [3.05, 3.63) is 29.3 Å². The summed E-state index contributed by atoms with van der Waals surface area (Å²) >= 11 is 0. The van der Waals surface area contributed by atoms with Gasteiger partial charge in [0, 0.05) is 19.2 Å². The second-order valence-electron chi connectivity index (χ2n) is 6.12. The van der Waals surface area contributed by atoms with Crippen LogP contribution in [0.25, 0.3) is 0 Å². The van der Waals surface area contributed by atoms with E-state index >= 15 is 0 Å². The van der Waals surface area contributed by atoms with Gasteiger partial charge in [-0.15, -0.1) is 0 Å². The van der Waals surface area contributed by atoms with E-state index in [-0.39, 0.29) is 5.91 Å². The lowest BCUT2D eigenvalue weighted by Crippen LogP contribution is -2.31. The molecule has 1 aromatic rings. The second-order valence-corrected chi connectivity index (χ2v) is 6.12. The van der Waals surface area contributed by atoms with Crippen LogP contribution in [0.1, 0.15) is 63.2 Å². The molecule has 1 heterocycles. The van der Waals surface area contributed by atoms with Crippen molar-refractivity contribution in [1.82, 2.24) is 0 Å². The van der Waals surface area contributed by atoms with Gasteiger partial charge in [-0.05, 0) is 42.4 Å². The molecule has 1 aliphatic rings. The smallest absolute Gasteiger partial charge is 0.227 e. The number of rotatable bonds is 6. The van der Waals surface area contributed by atoms with Crippen LogP contribution in [0.5, 0.6) is 0 Å². The van der Waals surface area contributed by atoms with E-state index < -0.39 is 6.10 Å². The van der Waals surface area contributed by atoms with Gasteiger partial charge in [0.25, 0.3) is 0 Å². The summed E-state index contributed by atoms with van der Waals surface area (Å²) in [7, 11) is 1.83. The Balaban J connectivity index is 2.23. The fourth-order valence-corrected chi connectivity index (χ4v) is 3.33. The third-order valence-corrected chi connectivity index (χ3v) is 4.55. The molecule has 1 amide bonds. The molecule has 0 saturated heterocycles. The third-order valence-electron chi connectivity index (χ3n) is 4.55. The molecule has 21 heavy (non-hydrogen) atoms. The number of hydrogen-bond donors (Lipinski definition) is 1. The van der Waals surface area contributed by atoms with Crippen LogP contribution >= 0.6 is 0 Å². The minimum atomic E-state index is -0.391. The van der Waals surface area contributed by atoms with Gasteiger partial charge in [0.1, 0.15) is 0 Å². The summed E-state index contributed by atoms with van der Waals surface area (Å²) in [5.41, 5.74) is 3.17.